The average molecular weight is 243 g/mol. The number of ether oxygens (including phenoxy) is 1. The summed E-state index contributed by atoms with van der Waals surface area (Å²) in [5, 5.41) is 21.1. The van der Waals surface area contributed by atoms with Crippen molar-refractivity contribution in [2.45, 2.75) is 19.6 Å². The number of carbonyl (C=O) groups is 1. The van der Waals surface area contributed by atoms with Crippen molar-refractivity contribution in [1.29, 1.82) is 0 Å². The SMILES string of the molecule is COCC(O)CNCc1cc(C(=O)O)c(C)o1. The molecule has 0 aromatic carbocycles. The summed E-state index contributed by atoms with van der Waals surface area (Å²) in [7, 11) is 1.51. The molecule has 3 N–H and O–H groups in total. The van der Waals surface area contributed by atoms with E-state index in [-0.39, 0.29) is 12.2 Å². The zero-order valence-electron chi connectivity index (χ0n) is 9.90. The van der Waals surface area contributed by atoms with E-state index in [1.54, 1.807) is 6.92 Å². The summed E-state index contributed by atoms with van der Waals surface area (Å²) in [6, 6.07) is 1.48. The van der Waals surface area contributed by atoms with Gasteiger partial charge in [-0.15, -0.1) is 0 Å². The molecule has 0 aliphatic rings. The van der Waals surface area contributed by atoms with Crippen LogP contribution in [0.5, 0.6) is 0 Å². The minimum absolute atomic E-state index is 0.166. The first-order valence-corrected chi connectivity index (χ1v) is 5.25. The van der Waals surface area contributed by atoms with Gasteiger partial charge in [0.15, 0.2) is 0 Å². The molecule has 0 spiro atoms. The predicted molar refractivity (Wildman–Crippen MR) is 60.0 cm³/mol. The Balaban J connectivity index is 2.42. The van der Waals surface area contributed by atoms with Crippen LogP contribution in [-0.2, 0) is 11.3 Å². The number of nitrogens with one attached hydrogen (secondary N) is 1. The first-order chi connectivity index (χ1) is 8.04. The van der Waals surface area contributed by atoms with Gasteiger partial charge in [-0.1, -0.05) is 0 Å². The maximum Gasteiger partial charge on any atom is 0.339 e. The van der Waals surface area contributed by atoms with Crippen LogP contribution in [0.1, 0.15) is 21.9 Å². The van der Waals surface area contributed by atoms with Gasteiger partial charge in [-0.05, 0) is 13.0 Å². The Morgan fingerprint density at radius 1 is 1.65 bits per heavy atom. The molecular formula is C11H17NO5. The number of methoxy groups -OCH3 is 1. The number of aryl methyl sites for hydroxylation is 1. The molecule has 0 bridgehead atoms. The van der Waals surface area contributed by atoms with E-state index in [9.17, 15) is 9.90 Å². The molecule has 1 unspecified atom stereocenters. The van der Waals surface area contributed by atoms with E-state index in [4.69, 9.17) is 14.3 Å². The van der Waals surface area contributed by atoms with Crippen molar-refractivity contribution >= 4 is 5.97 Å². The van der Waals surface area contributed by atoms with Crippen LogP contribution >= 0.6 is 0 Å². The summed E-state index contributed by atoms with van der Waals surface area (Å²) < 4.78 is 10.0. The maximum absolute atomic E-state index is 10.8. The molecule has 1 atom stereocenters. The Labute approximate surface area is 99.2 Å². The van der Waals surface area contributed by atoms with E-state index in [1.165, 1.54) is 13.2 Å². The Morgan fingerprint density at radius 3 is 2.88 bits per heavy atom. The molecule has 6 heteroatoms. The molecule has 0 fully saturated rings. The molecule has 0 amide bonds. The van der Waals surface area contributed by atoms with Crippen LogP contribution in [0.4, 0.5) is 0 Å². The topological polar surface area (TPSA) is 91.9 Å². The third-order valence-corrected chi connectivity index (χ3v) is 2.24. The van der Waals surface area contributed by atoms with Gasteiger partial charge >= 0.3 is 5.97 Å². The molecule has 17 heavy (non-hydrogen) atoms. The van der Waals surface area contributed by atoms with Crippen LogP contribution < -0.4 is 5.32 Å². The monoisotopic (exact) mass is 243 g/mol. The highest BCUT2D eigenvalue weighted by Crippen LogP contribution is 2.14. The lowest BCUT2D eigenvalue weighted by atomic mass is 10.2. The number of rotatable bonds is 7. The highest BCUT2D eigenvalue weighted by molar-refractivity contribution is 5.88. The van der Waals surface area contributed by atoms with Crippen LogP contribution in [0.15, 0.2) is 10.5 Å². The second-order valence-electron chi connectivity index (χ2n) is 3.73. The van der Waals surface area contributed by atoms with Gasteiger partial charge in [-0.25, -0.2) is 4.79 Å². The average Bonchev–Trinajstić information content (AvgIpc) is 2.60. The van der Waals surface area contributed by atoms with E-state index in [0.29, 0.717) is 24.6 Å². The van der Waals surface area contributed by atoms with Gasteiger partial charge in [-0.2, -0.15) is 0 Å². The fourth-order valence-corrected chi connectivity index (χ4v) is 1.46. The van der Waals surface area contributed by atoms with Crippen molar-refractivity contribution in [2.75, 3.05) is 20.3 Å². The highest BCUT2D eigenvalue weighted by Gasteiger charge is 2.13. The number of hydrogen-bond acceptors (Lipinski definition) is 5. The smallest absolute Gasteiger partial charge is 0.339 e. The molecule has 0 aliphatic carbocycles. The largest absolute Gasteiger partial charge is 0.478 e. The van der Waals surface area contributed by atoms with E-state index >= 15 is 0 Å². The van der Waals surface area contributed by atoms with Gasteiger partial charge in [0.1, 0.15) is 17.1 Å². The first kappa shape index (κ1) is 13.7. The van der Waals surface area contributed by atoms with Gasteiger partial charge in [0.25, 0.3) is 0 Å². The van der Waals surface area contributed by atoms with Crippen molar-refractivity contribution in [2.24, 2.45) is 0 Å². The zero-order chi connectivity index (χ0) is 12.8. The number of aliphatic hydroxyl groups is 1. The Bertz CT molecular complexity index is 374. The molecular weight excluding hydrogens is 226 g/mol. The number of aliphatic hydroxyl groups excluding tert-OH is 1. The predicted octanol–water partition coefficient (Wildman–Crippen LogP) is 0.383. The Morgan fingerprint density at radius 2 is 2.35 bits per heavy atom. The van der Waals surface area contributed by atoms with Gasteiger partial charge in [-0.3, -0.25) is 0 Å². The Hall–Kier alpha value is -1.37. The van der Waals surface area contributed by atoms with Crippen molar-refractivity contribution in [3.8, 4) is 0 Å². The summed E-state index contributed by atoms with van der Waals surface area (Å²) >= 11 is 0. The van der Waals surface area contributed by atoms with Gasteiger partial charge in [0, 0.05) is 13.7 Å². The molecule has 96 valence electrons. The van der Waals surface area contributed by atoms with Crippen LogP contribution in [-0.4, -0.2) is 42.5 Å². The van der Waals surface area contributed by atoms with Crippen molar-refractivity contribution in [3.05, 3.63) is 23.2 Å². The third-order valence-electron chi connectivity index (χ3n) is 2.24. The number of carboxylic acid groups (broad SMARTS) is 1. The van der Waals surface area contributed by atoms with Crippen molar-refractivity contribution in [3.63, 3.8) is 0 Å². The van der Waals surface area contributed by atoms with Gasteiger partial charge in [0.2, 0.25) is 0 Å². The molecule has 0 saturated heterocycles. The molecule has 6 nitrogen and oxygen atoms in total. The molecule has 0 aliphatic heterocycles. The summed E-state index contributed by atoms with van der Waals surface area (Å²) in [5.74, 6) is -0.0897. The van der Waals surface area contributed by atoms with Crippen molar-refractivity contribution in [1.82, 2.24) is 5.32 Å². The molecule has 1 aromatic rings. The standard InChI is InChI=1S/C11H17NO5/c1-7-10(11(14)15)3-9(17-7)5-12-4-8(13)6-16-2/h3,8,12-13H,4-6H2,1-2H3,(H,14,15). The normalized spacial score (nSPS) is 12.6. The lowest BCUT2D eigenvalue weighted by Crippen LogP contribution is -2.29. The van der Waals surface area contributed by atoms with E-state index < -0.39 is 12.1 Å². The summed E-state index contributed by atoms with van der Waals surface area (Å²) in [4.78, 5) is 10.8. The number of furan rings is 1. The maximum atomic E-state index is 10.8. The molecule has 0 radical (unpaired) electrons. The molecule has 1 heterocycles. The quantitative estimate of drug-likeness (QED) is 0.641. The number of hydrogen-bond donors (Lipinski definition) is 3. The fraction of sp³-hybridized carbons (Fsp3) is 0.545. The van der Waals surface area contributed by atoms with Gasteiger partial charge < -0.3 is 24.7 Å². The van der Waals surface area contributed by atoms with Crippen LogP contribution in [0, 0.1) is 6.92 Å². The van der Waals surface area contributed by atoms with Crippen LogP contribution in [0.3, 0.4) is 0 Å². The number of aromatic carboxylic acids is 1. The molecule has 1 rings (SSSR count). The second kappa shape index (κ2) is 6.39. The third kappa shape index (κ3) is 4.18. The van der Waals surface area contributed by atoms with Crippen LogP contribution in [0.25, 0.3) is 0 Å². The number of carboxylic acids is 1. The first-order valence-electron chi connectivity index (χ1n) is 5.25. The van der Waals surface area contributed by atoms with Gasteiger partial charge in [0.05, 0.1) is 19.3 Å². The fourth-order valence-electron chi connectivity index (χ4n) is 1.46. The summed E-state index contributed by atoms with van der Waals surface area (Å²) in [5.41, 5.74) is 0.166. The van der Waals surface area contributed by atoms with E-state index in [0.717, 1.165) is 0 Å². The summed E-state index contributed by atoms with van der Waals surface area (Å²) in [6.45, 7) is 2.59. The summed E-state index contributed by atoms with van der Waals surface area (Å²) in [6.07, 6.45) is -0.588. The lowest BCUT2D eigenvalue weighted by Gasteiger charge is -2.09. The van der Waals surface area contributed by atoms with E-state index in [1.807, 2.05) is 0 Å². The highest BCUT2D eigenvalue weighted by atomic mass is 16.5. The van der Waals surface area contributed by atoms with Crippen molar-refractivity contribution < 1.29 is 24.2 Å². The zero-order valence-corrected chi connectivity index (χ0v) is 9.90. The molecule has 1 aromatic heterocycles. The van der Waals surface area contributed by atoms with E-state index in [2.05, 4.69) is 5.32 Å². The minimum Gasteiger partial charge on any atom is -0.478 e. The molecule has 0 saturated carbocycles. The lowest BCUT2D eigenvalue weighted by molar-refractivity contribution is 0.0641. The Kier molecular flexibility index (Phi) is 5.14. The van der Waals surface area contributed by atoms with Crippen LogP contribution in [0.2, 0.25) is 0 Å². The second-order valence-corrected chi connectivity index (χ2v) is 3.73. The minimum atomic E-state index is -1.00.